The lowest BCUT2D eigenvalue weighted by molar-refractivity contribution is 0.614. The zero-order valence-corrected chi connectivity index (χ0v) is 12.0. The molecule has 2 N–H and O–H groups in total. The first-order valence-corrected chi connectivity index (χ1v) is 6.56. The van der Waals surface area contributed by atoms with Crippen LogP contribution >= 0.6 is 15.9 Å². The Bertz CT molecular complexity index is 529. The molecule has 1 atom stereocenters. The highest BCUT2D eigenvalue weighted by Crippen LogP contribution is 2.25. The smallest absolute Gasteiger partial charge is 0.126 e. The normalized spacial score (nSPS) is 12.5. The molecule has 0 bridgehead atoms. The zero-order valence-electron chi connectivity index (χ0n) is 10.4. The highest BCUT2D eigenvalue weighted by atomic mass is 79.9. The second-order valence-electron chi connectivity index (χ2n) is 4.49. The van der Waals surface area contributed by atoms with Gasteiger partial charge in [-0.25, -0.2) is 4.39 Å². The molecule has 18 heavy (non-hydrogen) atoms. The van der Waals surface area contributed by atoms with Crippen molar-refractivity contribution < 1.29 is 4.39 Å². The first kappa shape index (κ1) is 13.2. The molecular weight excluding hydrogens is 293 g/mol. The van der Waals surface area contributed by atoms with Crippen LogP contribution in [0.25, 0.3) is 0 Å². The fourth-order valence-corrected chi connectivity index (χ4v) is 2.19. The van der Waals surface area contributed by atoms with Crippen molar-refractivity contribution in [1.82, 2.24) is 0 Å². The van der Waals surface area contributed by atoms with Gasteiger partial charge in [-0.15, -0.1) is 0 Å². The molecule has 0 amide bonds. The predicted octanol–water partition coefficient (Wildman–Crippen LogP) is 4.25. The quantitative estimate of drug-likeness (QED) is 0.881. The minimum absolute atomic E-state index is 0.214. The summed E-state index contributed by atoms with van der Waals surface area (Å²) in [5, 5.41) is 0. The van der Waals surface area contributed by atoms with E-state index in [1.54, 1.807) is 13.0 Å². The van der Waals surface area contributed by atoms with Gasteiger partial charge in [-0.2, -0.15) is 0 Å². The highest BCUT2D eigenvalue weighted by Gasteiger charge is 2.11. The van der Waals surface area contributed by atoms with Gasteiger partial charge in [0.25, 0.3) is 0 Å². The molecule has 94 valence electrons. The first-order valence-electron chi connectivity index (χ1n) is 5.76. The monoisotopic (exact) mass is 307 g/mol. The van der Waals surface area contributed by atoms with Gasteiger partial charge in [0.15, 0.2) is 0 Å². The van der Waals surface area contributed by atoms with Crippen LogP contribution < -0.4 is 5.73 Å². The summed E-state index contributed by atoms with van der Waals surface area (Å²) >= 11 is 3.48. The molecular formula is C15H15BrFN. The molecule has 0 saturated carbocycles. The number of rotatable bonds is 2. The average Bonchev–Trinajstić information content (AvgIpc) is 2.35. The third kappa shape index (κ3) is 2.62. The van der Waals surface area contributed by atoms with Gasteiger partial charge in [0, 0.05) is 4.47 Å². The highest BCUT2D eigenvalue weighted by molar-refractivity contribution is 9.10. The van der Waals surface area contributed by atoms with E-state index in [4.69, 9.17) is 5.73 Å². The van der Waals surface area contributed by atoms with Gasteiger partial charge < -0.3 is 5.73 Å². The van der Waals surface area contributed by atoms with Crippen LogP contribution in [0, 0.1) is 19.7 Å². The molecule has 0 spiro atoms. The van der Waals surface area contributed by atoms with E-state index >= 15 is 0 Å². The van der Waals surface area contributed by atoms with Crippen molar-refractivity contribution >= 4 is 15.9 Å². The van der Waals surface area contributed by atoms with Crippen molar-refractivity contribution in [3.63, 3.8) is 0 Å². The molecule has 3 heteroatoms. The number of hydrogen-bond acceptors (Lipinski definition) is 1. The summed E-state index contributed by atoms with van der Waals surface area (Å²) in [5.74, 6) is -0.214. The van der Waals surface area contributed by atoms with Gasteiger partial charge in [0.2, 0.25) is 0 Å². The number of aryl methyl sites for hydroxylation is 2. The third-order valence-electron chi connectivity index (χ3n) is 3.11. The molecule has 1 unspecified atom stereocenters. The fraction of sp³-hybridized carbons (Fsp3) is 0.200. The number of benzene rings is 2. The summed E-state index contributed by atoms with van der Waals surface area (Å²) in [6.07, 6.45) is 0. The maximum Gasteiger partial charge on any atom is 0.126 e. The van der Waals surface area contributed by atoms with E-state index in [0.29, 0.717) is 5.56 Å². The van der Waals surface area contributed by atoms with Gasteiger partial charge in [-0.05, 0) is 48.2 Å². The fourth-order valence-electron chi connectivity index (χ4n) is 1.80. The van der Waals surface area contributed by atoms with Crippen LogP contribution in [-0.4, -0.2) is 0 Å². The van der Waals surface area contributed by atoms with E-state index in [1.165, 1.54) is 6.07 Å². The Morgan fingerprint density at radius 2 is 1.56 bits per heavy atom. The van der Waals surface area contributed by atoms with Crippen LogP contribution in [0.2, 0.25) is 0 Å². The van der Waals surface area contributed by atoms with Crippen LogP contribution in [0.15, 0.2) is 40.9 Å². The lowest BCUT2D eigenvalue weighted by atomic mass is 9.98. The Morgan fingerprint density at radius 1 is 1.00 bits per heavy atom. The molecule has 2 rings (SSSR count). The predicted molar refractivity (Wildman–Crippen MR) is 76.0 cm³/mol. The van der Waals surface area contributed by atoms with Crippen molar-refractivity contribution in [2.75, 3.05) is 0 Å². The topological polar surface area (TPSA) is 26.0 Å². The van der Waals surface area contributed by atoms with Crippen molar-refractivity contribution in [1.29, 1.82) is 0 Å². The number of hydrogen-bond donors (Lipinski definition) is 1. The zero-order chi connectivity index (χ0) is 13.3. The Hall–Kier alpha value is -1.19. The van der Waals surface area contributed by atoms with E-state index in [-0.39, 0.29) is 11.9 Å². The third-order valence-corrected chi connectivity index (χ3v) is 3.96. The molecule has 2 aromatic rings. The Kier molecular flexibility index (Phi) is 3.83. The summed E-state index contributed by atoms with van der Waals surface area (Å²) < 4.78 is 14.6. The van der Waals surface area contributed by atoms with Crippen molar-refractivity contribution in [3.8, 4) is 0 Å². The molecule has 0 aliphatic carbocycles. The SMILES string of the molecule is Cc1ccc(C(N)c2ccc(C)c(Br)c2)cc1F. The van der Waals surface area contributed by atoms with E-state index in [9.17, 15) is 4.39 Å². The summed E-state index contributed by atoms with van der Waals surface area (Å²) in [6, 6.07) is 10.8. The first-order chi connectivity index (χ1) is 8.49. The van der Waals surface area contributed by atoms with Crippen LogP contribution in [0.1, 0.15) is 28.3 Å². The van der Waals surface area contributed by atoms with E-state index in [0.717, 1.165) is 21.2 Å². The summed E-state index contributed by atoms with van der Waals surface area (Å²) in [6.45, 7) is 3.76. The van der Waals surface area contributed by atoms with Crippen molar-refractivity contribution in [2.24, 2.45) is 5.73 Å². The van der Waals surface area contributed by atoms with Crippen LogP contribution in [0.4, 0.5) is 4.39 Å². The standard InChI is InChI=1S/C15H15BrFN/c1-9-3-5-11(7-13(9)16)15(18)12-6-4-10(2)14(17)8-12/h3-8,15H,18H2,1-2H3. The lowest BCUT2D eigenvalue weighted by Crippen LogP contribution is -2.12. The molecule has 2 aromatic carbocycles. The van der Waals surface area contributed by atoms with Gasteiger partial charge in [-0.3, -0.25) is 0 Å². The van der Waals surface area contributed by atoms with Gasteiger partial charge in [-0.1, -0.05) is 40.2 Å². The molecule has 0 aromatic heterocycles. The molecule has 0 aliphatic heterocycles. The summed E-state index contributed by atoms with van der Waals surface area (Å²) in [5.41, 5.74) is 9.71. The molecule has 0 fully saturated rings. The summed E-state index contributed by atoms with van der Waals surface area (Å²) in [7, 11) is 0. The van der Waals surface area contributed by atoms with E-state index in [2.05, 4.69) is 15.9 Å². The Morgan fingerprint density at radius 3 is 2.11 bits per heavy atom. The van der Waals surface area contributed by atoms with Crippen molar-refractivity contribution in [2.45, 2.75) is 19.9 Å². The molecule has 1 nitrogen and oxygen atoms in total. The average molecular weight is 308 g/mol. The maximum absolute atomic E-state index is 13.5. The Balaban J connectivity index is 2.37. The maximum atomic E-state index is 13.5. The number of halogens is 2. The van der Waals surface area contributed by atoms with E-state index in [1.807, 2.05) is 31.2 Å². The Labute approximate surface area is 115 Å². The second-order valence-corrected chi connectivity index (χ2v) is 5.35. The minimum Gasteiger partial charge on any atom is -0.320 e. The molecule has 0 heterocycles. The van der Waals surface area contributed by atoms with Gasteiger partial charge >= 0.3 is 0 Å². The van der Waals surface area contributed by atoms with Gasteiger partial charge in [0.05, 0.1) is 6.04 Å². The lowest BCUT2D eigenvalue weighted by Gasteiger charge is -2.14. The second kappa shape index (κ2) is 5.21. The number of nitrogens with two attached hydrogens (primary N) is 1. The van der Waals surface area contributed by atoms with Crippen molar-refractivity contribution in [3.05, 3.63) is 68.9 Å². The minimum atomic E-state index is -0.308. The van der Waals surface area contributed by atoms with E-state index < -0.39 is 0 Å². The largest absolute Gasteiger partial charge is 0.320 e. The van der Waals surface area contributed by atoms with Crippen LogP contribution in [0.3, 0.4) is 0 Å². The molecule has 0 radical (unpaired) electrons. The van der Waals surface area contributed by atoms with Crippen LogP contribution in [0.5, 0.6) is 0 Å². The van der Waals surface area contributed by atoms with Crippen LogP contribution in [-0.2, 0) is 0 Å². The molecule has 0 saturated heterocycles. The molecule has 0 aliphatic rings. The van der Waals surface area contributed by atoms with Gasteiger partial charge in [0.1, 0.15) is 5.82 Å². The summed E-state index contributed by atoms with van der Waals surface area (Å²) in [4.78, 5) is 0.